The Morgan fingerprint density at radius 2 is 2.09 bits per heavy atom. The minimum atomic E-state index is -0.223. The number of halogens is 1. The quantitative estimate of drug-likeness (QED) is 0.925. The second-order valence-electron chi connectivity index (χ2n) is 5.58. The highest BCUT2D eigenvalue weighted by atomic mass is 19.1. The number of anilines is 1. The Labute approximate surface area is 129 Å². The van der Waals surface area contributed by atoms with Crippen molar-refractivity contribution in [2.45, 2.75) is 19.8 Å². The third-order valence-electron chi connectivity index (χ3n) is 4.11. The number of hydrogen-bond acceptors (Lipinski definition) is 1. The van der Waals surface area contributed by atoms with Crippen LogP contribution in [-0.2, 0) is 12.8 Å². The topological polar surface area (TPSA) is 32.3 Å². The molecule has 0 aromatic heterocycles. The minimum absolute atomic E-state index is 0.0651. The molecule has 0 saturated heterocycles. The number of para-hydroxylation sites is 1. The Hall–Kier alpha value is -2.36. The molecule has 1 heterocycles. The highest BCUT2D eigenvalue weighted by Gasteiger charge is 2.23. The molecule has 0 saturated carbocycles. The number of carbonyl (C=O) groups is 1. The summed E-state index contributed by atoms with van der Waals surface area (Å²) in [5, 5.41) is 2.95. The molecular weight excluding hydrogens is 279 g/mol. The molecule has 0 bridgehead atoms. The predicted octanol–water partition coefficient (Wildman–Crippen LogP) is 3.45. The van der Waals surface area contributed by atoms with Crippen molar-refractivity contribution in [2.75, 3.05) is 18.0 Å². The smallest absolute Gasteiger partial charge is 0.321 e. The fourth-order valence-electron chi connectivity index (χ4n) is 2.89. The molecule has 0 radical (unpaired) electrons. The van der Waals surface area contributed by atoms with E-state index in [4.69, 9.17) is 0 Å². The molecule has 1 aliphatic heterocycles. The zero-order valence-corrected chi connectivity index (χ0v) is 12.6. The van der Waals surface area contributed by atoms with E-state index in [1.807, 2.05) is 25.1 Å². The number of carbonyl (C=O) groups excluding carboxylic acids is 1. The maximum Gasteiger partial charge on any atom is 0.321 e. The van der Waals surface area contributed by atoms with Crippen molar-refractivity contribution in [3.8, 4) is 0 Å². The molecule has 0 atom stereocenters. The Balaban J connectivity index is 1.57. The molecule has 0 spiro atoms. The first kappa shape index (κ1) is 14.6. The van der Waals surface area contributed by atoms with E-state index in [2.05, 4.69) is 11.4 Å². The molecule has 0 aliphatic carbocycles. The van der Waals surface area contributed by atoms with E-state index in [0.717, 1.165) is 29.8 Å². The molecule has 0 fully saturated rings. The lowest BCUT2D eigenvalue weighted by molar-refractivity contribution is 0.247. The molecule has 3 rings (SSSR count). The average Bonchev–Trinajstić information content (AvgIpc) is 2.93. The van der Waals surface area contributed by atoms with Crippen LogP contribution in [0.15, 0.2) is 42.5 Å². The number of fused-ring (bicyclic) bond motifs is 1. The summed E-state index contributed by atoms with van der Waals surface area (Å²) in [6.07, 6.45) is 1.61. The van der Waals surface area contributed by atoms with Gasteiger partial charge in [0.05, 0.1) is 0 Å². The average molecular weight is 298 g/mol. The van der Waals surface area contributed by atoms with E-state index in [1.165, 1.54) is 17.7 Å². The zero-order valence-electron chi connectivity index (χ0n) is 12.6. The summed E-state index contributed by atoms with van der Waals surface area (Å²) in [4.78, 5) is 14.1. The van der Waals surface area contributed by atoms with Crippen molar-refractivity contribution < 1.29 is 9.18 Å². The molecule has 2 amide bonds. The van der Waals surface area contributed by atoms with Crippen molar-refractivity contribution in [1.82, 2.24) is 5.32 Å². The number of nitrogens with one attached hydrogen (secondary N) is 1. The first-order chi connectivity index (χ1) is 10.6. The minimum Gasteiger partial charge on any atom is -0.337 e. The lowest BCUT2D eigenvalue weighted by Gasteiger charge is -2.18. The van der Waals surface area contributed by atoms with E-state index in [0.29, 0.717) is 13.0 Å². The van der Waals surface area contributed by atoms with Gasteiger partial charge in [0.15, 0.2) is 0 Å². The fourth-order valence-corrected chi connectivity index (χ4v) is 2.89. The lowest BCUT2D eigenvalue weighted by Crippen LogP contribution is -2.39. The second kappa shape index (κ2) is 6.18. The molecule has 2 aromatic rings. The van der Waals surface area contributed by atoms with Crippen LogP contribution in [0.2, 0.25) is 0 Å². The van der Waals surface area contributed by atoms with Gasteiger partial charge in [-0.2, -0.15) is 0 Å². The van der Waals surface area contributed by atoms with E-state index in [1.54, 1.807) is 11.0 Å². The molecular formula is C18H19FN2O. The van der Waals surface area contributed by atoms with Gasteiger partial charge in [0.25, 0.3) is 0 Å². The van der Waals surface area contributed by atoms with Gasteiger partial charge in [-0.15, -0.1) is 0 Å². The van der Waals surface area contributed by atoms with E-state index >= 15 is 0 Å². The largest absolute Gasteiger partial charge is 0.337 e. The number of rotatable bonds is 3. The standard InChI is InChI=1S/C18H19FN2O/c1-13-12-16(19)7-6-14(13)8-10-20-18(22)21-11-9-15-4-2-3-5-17(15)21/h2-7,12H,8-11H2,1H3,(H,20,22). The zero-order chi connectivity index (χ0) is 15.5. The Kier molecular flexibility index (Phi) is 4.09. The highest BCUT2D eigenvalue weighted by Crippen LogP contribution is 2.27. The number of aryl methyl sites for hydroxylation is 1. The Morgan fingerprint density at radius 1 is 1.27 bits per heavy atom. The van der Waals surface area contributed by atoms with Crippen LogP contribution in [0.25, 0.3) is 0 Å². The number of benzene rings is 2. The van der Waals surface area contributed by atoms with E-state index in [-0.39, 0.29) is 11.8 Å². The van der Waals surface area contributed by atoms with Crippen LogP contribution >= 0.6 is 0 Å². The van der Waals surface area contributed by atoms with Crippen molar-refractivity contribution in [3.05, 3.63) is 65.0 Å². The molecule has 4 heteroatoms. The molecule has 114 valence electrons. The summed E-state index contributed by atoms with van der Waals surface area (Å²) >= 11 is 0. The van der Waals surface area contributed by atoms with E-state index in [9.17, 15) is 9.18 Å². The number of urea groups is 1. The predicted molar refractivity (Wildman–Crippen MR) is 85.7 cm³/mol. The van der Waals surface area contributed by atoms with E-state index < -0.39 is 0 Å². The maximum atomic E-state index is 13.1. The summed E-state index contributed by atoms with van der Waals surface area (Å²) in [5.74, 6) is -0.223. The van der Waals surface area contributed by atoms with Crippen LogP contribution in [0.1, 0.15) is 16.7 Å². The van der Waals surface area contributed by atoms with Gasteiger partial charge in [0.2, 0.25) is 0 Å². The van der Waals surface area contributed by atoms with Crippen LogP contribution in [0.4, 0.5) is 14.9 Å². The summed E-state index contributed by atoms with van der Waals surface area (Å²) in [7, 11) is 0. The Morgan fingerprint density at radius 3 is 2.91 bits per heavy atom. The molecule has 3 nitrogen and oxygen atoms in total. The molecule has 2 aromatic carbocycles. The second-order valence-corrected chi connectivity index (χ2v) is 5.58. The number of amides is 2. The third-order valence-corrected chi connectivity index (χ3v) is 4.11. The van der Waals surface area contributed by atoms with Gasteiger partial charge in [-0.1, -0.05) is 24.3 Å². The van der Waals surface area contributed by atoms with Crippen molar-refractivity contribution in [1.29, 1.82) is 0 Å². The summed E-state index contributed by atoms with van der Waals surface area (Å²) in [5.41, 5.74) is 4.19. The van der Waals surface area contributed by atoms with Crippen molar-refractivity contribution in [3.63, 3.8) is 0 Å². The fraction of sp³-hybridized carbons (Fsp3) is 0.278. The van der Waals surface area contributed by atoms with Crippen LogP contribution in [-0.4, -0.2) is 19.1 Å². The van der Waals surface area contributed by atoms with Gasteiger partial charge in [0, 0.05) is 18.8 Å². The third kappa shape index (κ3) is 2.96. The van der Waals surface area contributed by atoms with Gasteiger partial charge in [-0.25, -0.2) is 9.18 Å². The van der Waals surface area contributed by atoms with Crippen molar-refractivity contribution >= 4 is 11.7 Å². The monoisotopic (exact) mass is 298 g/mol. The molecule has 1 aliphatic rings. The highest BCUT2D eigenvalue weighted by molar-refractivity contribution is 5.94. The lowest BCUT2D eigenvalue weighted by atomic mass is 10.1. The SMILES string of the molecule is Cc1cc(F)ccc1CCNC(=O)N1CCc2ccccc21. The van der Waals surface area contributed by atoms with Gasteiger partial charge in [-0.05, 0) is 54.7 Å². The van der Waals surface area contributed by atoms with Gasteiger partial charge >= 0.3 is 6.03 Å². The van der Waals surface area contributed by atoms with Gasteiger partial charge in [0.1, 0.15) is 5.82 Å². The first-order valence-electron chi connectivity index (χ1n) is 7.53. The summed E-state index contributed by atoms with van der Waals surface area (Å²) in [6.45, 7) is 3.15. The number of hydrogen-bond donors (Lipinski definition) is 1. The number of nitrogens with zero attached hydrogens (tertiary/aromatic N) is 1. The normalized spacial score (nSPS) is 13.1. The van der Waals surface area contributed by atoms with Crippen LogP contribution in [0, 0.1) is 12.7 Å². The summed E-state index contributed by atoms with van der Waals surface area (Å²) in [6, 6.07) is 12.7. The van der Waals surface area contributed by atoms with Gasteiger partial charge < -0.3 is 5.32 Å². The Bertz CT molecular complexity index is 699. The van der Waals surface area contributed by atoms with Crippen LogP contribution in [0.3, 0.4) is 0 Å². The summed E-state index contributed by atoms with van der Waals surface area (Å²) < 4.78 is 13.1. The van der Waals surface area contributed by atoms with Crippen LogP contribution in [0.5, 0.6) is 0 Å². The first-order valence-corrected chi connectivity index (χ1v) is 7.53. The maximum absolute atomic E-state index is 13.1. The van der Waals surface area contributed by atoms with Crippen molar-refractivity contribution in [2.24, 2.45) is 0 Å². The molecule has 1 N–H and O–H groups in total. The molecule has 22 heavy (non-hydrogen) atoms. The van der Waals surface area contributed by atoms with Crippen LogP contribution < -0.4 is 10.2 Å². The van der Waals surface area contributed by atoms with Gasteiger partial charge in [-0.3, -0.25) is 4.90 Å². The molecule has 0 unspecified atom stereocenters.